The van der Waals surface area contributed by atoms with E-state index in [9.17, 15) is 14.4 Å². The summed E-state index contributed by atoms with van der Waals surface area (Å²) in [5.41, 5.74) is 10.2. The molecule has 0 unspecified atom stereocenters. The van der Waals surface area contributed by atoms with E-state index in [2.05, 4.69) is 6.92 Å². The summed E-state index contributed by atoms with van der Waals surface area (Å²) in [5.74, 6) is -1.50. The summed E-state index contributed by atoms with van der Waals surface area (Å²) in [6.07, 6.45) is 13.6. The van der Waals surface area contributed by atoms with Crippen molar-refractivity contribution in [3.05, 3.63) is 0 Å². The van der Waals surface area contributed by atoms with Gasteiger partial charge in [0.2, 0.25) is 17.7 Å². The first-order chi connectivity index (χ1) is 11.5. The standard InChI is InChI=1S/C18H35N3O3/c1-2-3-4-5-6-7-8-9-10-11-12-13-18(24)21(14-16(19)22)15-17(20)23/h2-15H2,1H3,(H2,19,22)(H2,20,23). The molecule has 6 nitrogen and oxygen atoms in total. The predicted octanol–water partition coefficient (Wildman–Crippen LogP) is 2.49. The van der Waals surface area contributed by atoms with Gasteiger partial charge in [0.15, 0.2) is 0 Å². The van der Waals surface area contributed by atoms with Crippen molar-refractivity contribution in [2.45, 2.75) is 84.0 Å². The molecule has 0 saturated carbocycles. The van der Waals surface area contributed by atoms with Crippen LogP contribution in [0.1, 0.15) is 84.0 Å². The third-order valence-electron chi connectivity index (χ3n) is 4.04. The van der Waals surface area contributed by atoms with Crippen molar-refractivity contribution in [2.24, 2.45) is 11.5 Å². The van der Waals surface area contributed by atoms with Gasteiger partial charge in [0, 0.05) is 6.42 Å². The highest BCUT2D eigenvalue weighted by Gasteiger charge is 2.17. The van der Waals surface area contributed by atoms with Crippen LogP contribution in [-0.2, 0) is 14.4 Å². The van der Waals surface area contributed by atoms with Crippen molar-refractivity contribution in [3.63, 3.8) is 0 Å². The quantitative estimate of drug-likeness (QED) is 0.421. The first-order valence-corrected chi connectivity index (χ1v) is 9.31. The Labute approximate surface area is 146 Å². The molecule has 0 fully saturated rings. The topological polar surface area (TPSA) is 106 Å². The lowest BCUT2D eigenvalue weighted by Gasteiger charge is -2.19. The summed E-state index contributed by atoms with van der Waals surface area (Å²) < 4.78 is 0. The maximum Gasteiger partial charge on any atom is 0.237 e. The summed E-state index contributed by atoms with van der Waals surface area (Å²) in [6, 6.07) is 0. The molecule has 0 aliphatic heterocycles. The predicted molar refractivity (Wildman–Crippen MR) is 96.0 cm³/mol. The number of carbonyl (C=O) groups excluding carboxylic acids is 3. The van der Waals surface area contributed by atoms with Gasteiger partial charge < -0.3 is 16.4 Å². The molecular formula is C18H35N3O3. The Kier molecular flexibility index (Phi) is 14.0. The number of nitrogens with zero attached hydrogens (tertiary/aromatic N) is 1. The molecule has 3 amide bonds. The molecule has 6 heteroatoms. The number of amides is 3. The second-order valence-corrected chi connectivity index (χ2v) is 6.47. The fourth-order valence-electron chi connectivity index (χ4n) is 2.71. The van der Waals surface area contributed by atoms with Crippen LogP contribution in [0.4, 0.5) is 0 Å². The highest BCUT2D eigenvalue weighted by molar-refractivity contribution is 5.87. The van der Waals surface area contributed by atoms with Gasteiger partial charge in [-0.2, -0.15) is 0 Å². The zero-order chi connectivity index (χ0) is 18.2. The van der Waals surface area contributed by atoms with Crippen LogP contribution >= 0.6 is 0 Å². The Hall–Kier alpha value is -1.59. The van der Waals surface area contributed by atoms with Gasteiger partial charge >= 0.3 is 0 Å². The normalized spacial score (nSPS) is 10.5. The van der Waals surface area contributed by atoms with Crippen molar-refractivity contribution in [1.82, 2.24) is 4.90 Å². The molecule has 0 aromatic carbocycles. The lowest BCUT2D eigenvalue weighted by Crippen LogP contribution is -2.43. The lowest BCUT2D eigenvalue weighted by atomic mass is 10.1. The zero-order valence-electron chi connectivity index (χ0n) is 15.2. The van der Waals surface area contributed by atoms with Crippen LogP contribution in [0.2, 0.25) is 0 Å². The minimum Gasteiger partial charge on any atom is -0.368 e. The van der Waals surface area contributed by atoms with Crippen molar-refractivity contribution in [2.75, 3.05) is 13.1 Å². The minimum atomic E-state index is -0.636. The molecule has 24 heavy (non-hydrogen) atoms. The molecule has 0 aliphatic rings. The van der Waals surface area contributed by atoms with Crippen molar-refractivity contribution in [1.29, 1.82) is 0 Å². The van der Waals surface area contributed by atoms with E-state index >= 15 is 0 Å². The van der Waals surface area contributed by atoms with Gasteiger partial charge in [0.25, 0.3) is 0 Å². The molecule has 0 atom stereocenters. The van der Waals surface area contributed by atoms with Crippen LogP contribution in [0, 0.1) is 0 Å². The number of hydrogen-bond donors (Lipinski definition) is 2. The molecule has 0 radical (unpaired) electrons. The zero-order valence-corrected chi connectivity index (χ0v) is 15.2. The Morgan fingerprint density at radius 3 is 1.42 bits per heavy atom. The van der Waals surface area contributed by atoms with Crippen LogP contribution in [0.5, 0.6) is 0 Å². The fourth-order valence-corrected chi connectivity index (χ4v) is 2.71. The van der Waals surface area contributed by atoms with Crippen molar-refractivity contribution >= 4 is 17.7 Å². The van der Waals surface area contributed by atoms with Crippen LogP contribution in [-0.4, -0.2) is 35.7 Å². The largest absolute Gasteiger partial charge is 0.368 e. The summed E-state index contributed by atoms with van der Waals surface area (Å²) in [5, 5.41) is 0. The van der Waals surface area contributed by atoms with Crippen LogP contribution in [0.25, 0.3) is 0 Å². The first kappa shape index (κ1) is 22.4. The third-order valence-corrected chi connectivity index (χ3v) is 4.04. The maximum atomic E-state index is 12.0. The third kappa shape index (κ3) is 14.0. The second kappa shape index (κ2) is 15.0. The average molecular weight is 341 g/mol. The van der Waals surface area contributed by atoms with Crippen LogP contribution < -0.4 is 11.5 Å². The smallest absolute Gasteiger partial charge is 0.237 e. The van der Waals surface area contributed by atoms with E-state index in [0.717, 1.165) is 24.2 Å². The number of rotatable bonds is 16. The molecule has 0 aromatic heterocycles. The SMILES string of the molecule is CCCCCCCCCCCCCC(=O)N(CC(N)=O)CC(N)=O. The van der Waals surface area contributed by atoms with E-state index in [1.807, 2.05) is 0 Å². The van der Waals surface area contributed by atoms with Gasteiger partial charge in [-0.05, 0) is 6.42 Å². The number of hydrogen-bond acceptors (Lipinski definition) is 3. The van der Waals surface area contributed by atoms with Gasteiger partial charge in [-0.25, -0.2) is 0 Å². The van der Waals surface area contributed by atoms with Gasteiger partial charge in [-0.1, -0.05) is 71.1 Å². The van der Waals surface area contributed by atoms with E-state index in [1.54, 1.807) is 0 Å². The highest BCUT2D eigenvalue weighted by atomic mass is 16.2. The first-order valence-electron chi connectivity index (χ1n) is 9.31. The van der Waals surface area contributed by atoms with E-state index in [0.29, 0.717) is 6.42 Å². The second-order valence-electron chi connectivity index (χ2n) is 6.47. The van der Waals surface area contributed by atoms with E-state index in [-0.39, 0.29) is 19.0 Å². The maximum absolute atomic E-state index is 12.0. The molecule has 0 spiro atoms. The molecule has 4 N–H and O–H groups in total. The lowest BCUT2D eigenvalue weighted by molar-refractivity contribution is -0.138. The number of primary amides is 2. The molecule has 140 valence electrons. The Bertz CT molecular complexity index is 357. The fraction of sp³-hybridized carbons (Fsp3) is 0.833. The number of nitrogens with two attached hydrogens (primary N) is 2. The molecule has 0 heterocycles. The Balaban J connectivity index is 3.65. The average Bonchev–Trinajstić information content (AvgIpc) is 2.50. The van der Waals surface area contributed by atoms with Gasteiger partial charge in [-0.15, -0.1) is 0 Å². The molecule has 0 saturated heterocycles. The van der Waals surface area contributed by atoms with E-state index < -0.39 is 11.8 Å². The van der Waals surface area contributed by atoms with Gasteiger partial charge in [0.05, 0.1) is 13.1 Å². The Morgan fingerprint density at radius 2 is 1.04 bits per heavy atom. The number of carbonyl (C=O) groups is 3. The van der Waals surface area contributed by atoms with E-state index in [4.69, 9.17) is 11.5 Å². The van der Waals surface area contributed by atoms with Crippen LogP contribution in [0.15, 0.2) is 0 Å². The van der Waals surface area contributed by atoms with Crippen molar-refractivity contribution in [3.8, 4) is 0 Å². The summed E-state index contributed by atoms with van der Waals surface area (Å²) in [4.78, 5) is 35.0. The molecule has 0 aromatic rings. The van der Waals surface area contributed by atoms with E-state index in [1.165, 1.54) is 51.4 Å². The summed E-state index contributed by atoms with van der Waals surface area (Å²) >= 11 is 0. The summed E-state index contributed by atoms with van der Waals surface area (Å²) in [7, 11) is 0. The Morgan fingerprint density at radius 1 is 0.667 bits per heavy atom. The monoisotopic (exact) mass is 341 g/mol. The number of unbranched alkanes of at least 4 members (excludes halogenated alkanes) is 10. The summed E-state index contributed by atoms with van der Waals surface area (Å²) in [6.45, 7) is 1.73. The minimum absolute atomic E-state index is 0.233. The molecule has 0 bridgehead atoms. The molecule has 0 rings (SSSR count). The molecule has 0 aliphatic carbocycles. The van der Waals surface area contributed by atoms with Gasteiger partial charge in [-0.3, -0.25) is 14.4 Å². The molecular weight excluding hydrogens is 306 g/mol. The highest BCUT2D eigenvalue weighted by Crippen LogP contribution is 2.12. The van der Waals surface area contributed by atoms with Crippen LogP contribution in [0.3, 0.4) is 0 Å². The van der Waals surface area contributed by atoms with Crippen molar-refractivity contribution < 1.29 is 14.4 Å². The van der Waals surface area contributed by atoms with Gasteiger partial charge in [0.1, 0.15) is 0 Å².